The van der Waals surface area contributed by atoms with Crippen molar-refractivity contribution in [2.75, 3.05) is 6.61 Å². The molecule has 23 heavy (non-hydrogen) atoms. The number of amides is 1. The van der Waals surface area contributed by atoms with Crippen molar-refractivity contribution in [3.8, 4) is 0 Å². The molecule has 0 heterocycles. The minimum atomic E-state index is -0.607. The molecular formula is C20H25NO2. The van der Waals surface area contributed by atoms with E-state index in [-0.39, 0.29) is 18.4 Å². The number of aliphatic hydroxyl groups excluding tert-OH is 1. The lowest BCUT2D eigenvalue weighted by Gasteiger charge is -2.26. The molecule has 3 heteroatoms. The van der Waals surface area contributed by atoms with Gasteiger partial charge in [0.25, 0.3) is 0 Å². The third kappa shape index (κ3) is 4.67. The summed E-state index contributed by atoms with van der Waals surface area (Å²) in [6.45, 7) is 5.62. The summed E-state index contributed by atoms with van der Waals surface area (Å²) < 4.78 is 0. The number of hydrogen-bond acceptors (Lipinski definition) is 2. The summed E-state index contributed by atoms with van der Waals surface area (Å²) in [7, 11) is 0. The lowest BCUT2D eigenvalue weighted by molar-refractivity contribution is -0.123. The minimum absolute atomic E-state index is 0.00638. The van der Waals surface area contributed by atoms with Crippen LogP contribution in [0.3, 0.4) is 0 Å². The molecule has 0 fully saturated rings. The van der Waals surface area contributed by atoms with Crippen LogP contribution in [0.15, 0.2) is 54.6 Å². The summed E-state index contributed by atoms with van der Waals surface area (Å²) in [5, 5.41) is 12.2. The van der Waals surface area contributed by atoms with Crippen molar-refractivity contribution in [2.45, 2.75) is 38.6 Å². The van der Waals surface area contributed by atoms with Gasteiger partial charge in [-0.2, -0.15) is 0 Å². The van der Waals surface area contributed by atoms with Crippen molar-refractivity contribution in [3.05, 3.63) is 71.3 Å². The Morgan fingerprint density at radius 3 is 2.30 bits per heavy atom. The summed E-state index contributed by atoms with van der Waals surface area (Å²) in [6.07, 6.45) is 0.359. The fraction of sp³-hybridized carbons (Fsp3) is 0.350. The predicted octanol–water partition coefficient (Wildman–Crippen LogP) is 3.40. The molecule has 0 aliphatic rings. The van der Waals surface area contributed by atoms with Crippen LogP contribution in [0.1, 0.15) is 42.9 Å². The number of aliphatic hydroxyl groups is 1. The van der Waals surface area contributed by atoms with Crippen LogP contribution in [0, 0.1) is 6.92 Å². The van der Waals surface area contributed by atoms with Crippen molar-refractivity contribution in [2.24, 2.45) is 0 Å². The molecule has 2 aromatic carbocycles. The van der Waals surface area contributed by atoms with E-state index in [4.69, 9.17) is 0 Å². The Morgan fingerprint density at radius 2 is 1.70 bits per heavy atom. The third-order valence-corrected chi connectivity index (χ3v) is 4.03. The quantitative estimate of drug-likeness (QED) is 0.859. The highest BCUT2D eigenvalue weighted by molar-refractivity contribution is 5.78. The standard InChI is InChI=1S/C20H25NO2/c1-15-9-7-8-12-17(15)18(16-10-5-4-6-11-16)13-19(23)21-20(2,3)14-22/h4-12,18,22H,13-14H2,1-3H3,(H,21,23)/t18-/m1/s1. The van der Waals surface area contributed by atoms with Crippen molar-refractivity contribution in [1.82, 2.24) is 5.32 Å². The monoisotopic (exact) mass is 311 g/mol. The number of nitrogens with one attached hydrogen (secondary N) is 1. The zero-order chi connectivity index (χ0) is 16.9. The highest BCUT2D eigenvalue weighted by Crippen LogP contribution is 2.30. The van der Waals surface area contributed by atoms with Gasteiger partial charge in [0.05, 0.1) is 12.1 Å². The van der Waals surface area contributed by atoms with E-state index < -0.39 is 5.54 Å². The van der Waals surface area contributed by atoms with E-state index in [0.717, 1.165) is 11.1 Å². The molecule has 1 atom stereocenters. The molecule has 0 saturated heterocycles. The summed E-state index contributed by atoms with van der Waals surface area (Å²) in [5.74, 6) is -0.0481. The van der Waals surface area contributed by atoms with E-state index in [1.807, 2.05) is 44.2 Å². The molecule has 1 amide bonds. The first-order valence-corrected chi connectivity index (χ1v) is 7.95. The Bertz CT molecular complexity index is 650. The smallest absolute Gasteiger partial charge is 0.221 e. The Kier molecular flexibility index (Phi) is 5.56. The zero-order valence-corrected chi connectivity index (χ0v) is 14.0. The van der Waals surface area contributed by atoms with E-state index in [1.165, 1.54) is 5.56 Å². The highest BCUT2D eigenvalue weighted by atomic mass is 16.3. The van der Waals surface area contributed by atoms with Crippen LogP contribution in [0.2, 0.25) is 0 Å². The summed E-state index contributed by atoms with van der Waals surface area (Å²) in [5.41, 5.74) is 2.86. The lowest BCUT2D eigenvalue weighted by atomic mass is 9.85. The second-order valence-electron chi connectivity index (χ2n) is 6.61. The van der Waals surface area contributed by atoms with Crippen LogP contribution in [0.4, 0.5) is 0 Å². The van der Waals surface area contributed by atoms with Gasteiger partial charge < -0.3 is 10.4 Å². The van der Waals surface area contributed by atoms with Crippen molar-refractivity contribution in [1.29, 1.82) is 0 Å². The minimum Gasteiger partial charge on any atom is -0.394 e. The Morgan fingerprint density at radius 1 is 1.09 bits per heavy atom. The maximum absolute atomic E-state index is 12.5. The number of aryl methyl sites for hydroxylation is 1. The molecule has 0 radical (unpaired) electrons. The summed E-state index contributed by atoms with van der Waals surface area (Å²) >= 11 is 0. The van der Waals surface area contributed by atoms with E-state index in [2.05, 4.69) is 36.5 Å². The van der Waals surface area contributed by atoms with Gasteiger partial charge in [-0.15, -0.1) is 0 Å². The fourth-order valence-corrected chi connectivity index (χ4v) is 2.72. The molecule has 2 rings (SSSR count). The van der Waals surface area contributed by atoms with Gasteiger partial charge in [0.1, 0.15) is 0 Å². The van der Waals surface area contributed by atoms with Gasteiger partial charge >= 0.3 is 0 Å². The molecular weight excluding hydrogens is 286 g/mol. The molecule has 2 N–H and O–H groups in total. The van der Waals surface area contributed by atoms with Crippen LogP contribution in [-0.4, -0.2) is 23.2 Å². The number of hydrogen-bond donors (Lipinski definition) is 2. The Balaban J connectivity index is 2.29. The topological polar surface area (TPSA) is 49.3 Å². The van der Waals surface area contributed by atoms with Crippen LogP contribution >= 0.6 is 0 Å². The first-order chi connectivity index (χ1) is 10.9. The number of rotatable bonds is 6. The third-order valence-electron chi connectivity index (χ3n) is 4.03. The number of carbonyl (C=O) groups excluding carboxylic acids is 1. The second kappa shape index (κ2) is 7.42. The first-order valence-electron chi connectivity index (χ1n) is 7.95. The molecule has 0 spiro atoms. The molecule has 3 nitrogen and oxygen atoms in total. The van der Waals surface area contributed by atoms with Crippen LogP contribution in [0.25, 0.3) is 0 Å². The molecule has 0 aromatic heterocycles. The largest absolute Gasteiger partial charge is 0.394 e. The molecule has 0 aliphatic carbocycles. The maximum atomic E-state index is 12.5. The van der Waals surface area contributed by atoms with E-state index >= 15 is 0 Å². The lowest BCUT2D eigenvalue weighted by Crippen LogP contribution is -2.46. The Labute approximate surface area is 138 Å². The average Bonchev–Trinajstić information content (AvgIpc) is 2.54. The van der Waals surface area contributed by atoms with Gasteiger partial charge in [-0.1, -0.05) is 54.6 Å². The number of carbonyl (C=O) groups is 1. The second-order valence-corrected chi connectivity index (χ2v) is 6.61. The molecule has 2 aromatic rings. The van der Waals surface area contributed by atoms with Crippen molar-refractivity contribution >= 4 is 5.91 Å². The van der Waals surface area contributed by atoms with Gasteiger partial charge in [0, 0.05) is 12.3 Å². The van der Waals surface area contributed by atoms with Crippen LogP contribution in [0.5, 0.6) is 0 Å². The van der Waals surface area contributed by atoms with E-state index in [9.17, 15) is 9.90 Å². The zero-order valence-electron chi connectivity index (χ0n) is 14.0. The predicted molar refractivity (Wildman–Crippen MR) is 93.4 cm³/mol. The Hall–Kier alpha value is -2.13. The molecule has 122 valence electrons. The van der Waals surface area contributed by atoms with Gasteiger partial charge in [-0.25, -0.2) is 0 Å². The summed E-state index contributed by atoms with van der Waals surface area (Å²) in [4.78, 5) is 12.5. The van der Waals surface area contributed by atoms with Gasteiger partial charge in [-0.05, 0) is 37.5 Å². The molecule has 0 unspecified atom stereocenters. The summed E-state index contributed by atoms with van der Waals surface area (Å²) in [6, 6.07) is 18.3. The highest BCUT2D eigenvalue weighted by Gasteiger charge is 2.24. The average molecular weight is 311 g/mol. The van der Waals surface area contributed by atoms with Crippen molar-refractivity contribution in [3.63, 3.8) is 0 Å². The van der Waals surface area contributed by atoms with Crippen molar-refractivity contribution < 1.29 is 9.90 Å². The molecule has 0 saturated carbocycles. The SMILES string of the molecule is Cc1ccccc1[C@H](CC(=O)NC(C)(C)CO)c1ccccc1. The first kappa shape index (κ1) is 17.2. The maximum Gasteiger partial charge on any atom is 0.221 e. The van der Waals surface area contributed by atoms with Gasteiger partial charge in [0.15, 0.2) is 0 Å². The molecule has 0 bridgehead atoms. The van der Waals surface area contributed by atoms with Gasteiger partial charge in [0.2, 0.25) is 5.91 Å². The van der Waals surface area contributed by atoms with Crippen LogP contribution < -0.4 is 5.32 Å². The fourth-order valence-electron chi connectivity index (χ4n) is 2.72. The van der Waals surface area contributed by atoms with Crippen LogP contribution in [-0.2, 0) is 4.79 Å². The van der Waals surface area contributed by atoms with Gasteiger partial charge in [-0.3, -0.25) is 4.79 Å². The normalized spacial score (nSPS) is 12.7. The van der Waals surface area contributed by atoms with E-state index in [1.54, 1.807) is 0 Å². The number of benzene rings is 2. The molecule has 0 aliphatic heterocycles. The van der Waals surface area contributed by atoms with E-state index in [0.29, 0.717) is 6.42 Å².